The van der Waals surface area contributed by atoms with Gasteiger partial charge in [-0.15, -0.1) is 0 Å². The van der Waals surface area contributed by atoms with E-state index in [9.17, 15) is 17.6 Å². The summed E-state index contributed by atoms with van der Waals surface area (Å²) in [5.41, 5.74) is 0. The summed E-state index contributed by atoms with van der Waals surface area (Å²) in [6.07, 6.45) is 9.26. The van der Waals surface area contributed by atoms with E-state index in [0.29, 0.717) is 18.8 Å². The molecule has 0 aliphatic heterocycles. The monoisotopic (exact) mass is 338 g/mol. The van der Waals surface area contributed by atoms with E-state index in [1.165, 1.54) is 32.1 Å². The normalized spacial score (nSPS) is 27.8. The minimum atomic E-state index is -2.34. The van der Waals surface area contributed by atoms with Gasteiger partial charge in [0.25, 0.3) is 0 Å². The van der Waals surface area contributed by atoms with Crippen LogP contribution in [0.1, 0.15) is 91.4 Å². The molecule has 0 heterocycles. The highest BCUT2D eigenvalue weighted by atomic mass is 19.3. The van der Waals surface area contributed by atoms with Gasteiger partial charge >= 0.3 is 0 Å². The second-order valence-electron chi connectivity index (χ2n) is 8.15. The molecule has 0 aromatic carbocycles. The van der Waals surface area contributed by atoms with Crippen molar-refractivity contribution in [1.82, 2.24) is 0 Å². The number of rotatable bonds is 0. The van der Waals surface area contributed by atoms with E-state index >= 15 is 0 Å². The lowest BCUT2D eigenvalue weighted by molar-refractivity contribution is -0.104. The molecular formula is C19H34F4. The summed E-state index contributed by atoms with van der Waals surface area (Å²) in [7, 11) is 0. The van der Waals surface area contributed by atoms with Gasteiger partial charge in [0.1, 0.15) is 0 Å². The molecule has 3 saturated carbocycles. The zero-order valence-electron chi connectivity index (χ0n) is 15.0. The van der Waals surface area contributed by atoms with Gasteiger partial charge in [0, 0.05) is 25.7 Å². The van der Waals surface area contributed by atoms with Crippen molar-refractivity contribution in [2.24, 2.45) is 17.8 Å². The zero-order valence-corrected chi connectivity index (χ0v) is 15.0. The standard InChI is InChI=1S/C7H12F2.C7H14.C5H8F2/c1-6-2-4-7(8,9)5-3-6;1-7-5-3-2-4-6-7;1-4-2-5(6,7)3-4/h6H,2-5H2,1H3;7H,2-6H2,1H3;4H,2-3H2,1H3. The van der Waals surface area contributed by atoms with Crippen LogP contribution in [0.25, 0.3) is 0 Å². The third kappa shape index (κ3) is 9.56. The maximum absolute atomic E-state index is 12.4. The number of hydrogen-bond acceptors (Lipinski definition) is 0. The quantitative estimate of drug-likeness (QED) is 0.402. The molecule has 0 aromatic rings. The Morgan fingerprint density at radius 1 is 0.565 bits per heavy atom. The van der Waals surface area contributed by atoms with E-state index in [4.69, 9.17) is 0 Å². The summed E-state index contributed by atoms with van der Waals surface area (Å²) < 4.78 is 48.3. The van der Waals surface area contributed by atoms with Crippen molar-refractivity contribution >= 4 is 0 Å². The third-order valence-corrected chi connectivity index (χ3v) is 5.19. The highest BCUT2D eigenvalue weighted by molar-refractivity contribution is 4.82. The van der Waals surface area contributed by atoms with Crippen molar-refractivity contribution in [2.75, 3.05) is 0 Å². The largest absolute Gasteiger partial charge is 0.248 e. The van der Waals surface area contributed by atoms with Crippen LogP contribution in [0, 0.1) is 17.8 Å². The Bertz CT molecular complexity index is 303. The maximum atomic E-state index is 12.4. The first-order valence-corrected chi connectivity index (χ1v) is 9.35. The van der Waals surface area contributed by atoms with Crippen molar-refractivity contribution in [3.05, 3.63) is 0 Å². The molecule has 0 radical (unpaired) electrons. The number of alkyl halides is 4. The smallest absolute Gasteiger partial charge is 0.207 e. The first-order valence-electron chi connectivity index (χ1n) is 9.35. The Balaban J connectivity index is 0.000000175. The lowest BCUT2D eigenvalue weighted by atomic mass is 9.83. The molecule has 0 spiro atoms. The highest BCUT2D eigenvalue weighted by Crippen LogP contribution is 2.41. The fourth-order valence-corrected chi connectivity index (χ4v) is 3.45. The second kappa shape index (κ2) is 9.27. The SMILES string of the molecule is CC1CC(F)(F)C1.CC1CCC(F)(F)CC1.CC1CCCCC1. The molecule has 3 aliphatic rings. The van der Waals surface area contributed by atoms with Crippen LogP contribution in [0.15, 0.2) is 0 Å². The van der Waals surface area contributed by atoms with Gasteiger partial charge in [0.05, 0.1) is 0 Å². The average molecular weight is 338 g/mol. The van der Waals surface area contributed by atoms with Gasteiger partial charge in [-0.25, -0.2) is 17.6 Å². The van der Waals surface area contributed by atoms with Crippen molar-refractivity contribution in [1.29, 1.82) is 0 Å². The van der Waals surface area contributed by atoms with Crippen molar-refractivity contribution in [3.63, 3.8) is 0 Å². The molecule has 0 saturated heterocycles. The lowest BCUT2D eigenvalue weighted by Gasteiger charge is -2.31. The van der Waals surface area contributed by atoms with E-state index in [-0.39, 0.29) is 31.6 Å². The van der Waals surface area contributed by atoms with Crippen LogP contribution in [0.4, 0.5) is 17.6 Å². The Labute approximate surface area is 139 Å². The molecular weight excluding hydrogens is 304 g/mol. The van der Waals surface area contributed by atoms with Crippen molar-refractivity contribution in [2.45, 2.75) is 103 Å². The fourth-order valence-electron chi connectivity index (χ4n) is 3.45. The van der Waals surface area contributed by atoms with Crippen molar-refractivity contribution < 1.29 is 17.6 Å². The van der Waals surface area contributed by atoms with Crippen LogP contribution in [0.2, 0.25) is 0 Å². The van der Waals surface area contributed by atoms with Gasteiger partial charge in [-0.05, 0) is 30.6 Å². The van der Waals surface area contributed by atoms with E-state index < -0.39 is 11.8 Å². The molecule has 23 heavy (non-hydrogen) atoms. The molecule has 138 valence electrons. The van der Waals surface area contributed by atoms with Crippen LogP contribution in [-0.4, -0.2) is 11.8 Å². The lowest BCUT2D eigenvalue weighted by Crippen LogP contribution is -2.33. The van der Waals surface area contributed by atoms with Gasteiger partial charge in [0.2, 0.25) is 11.8 Å². The molecule has 0 atom stereocenters. The number of halogens is 4. The molecule has 0 unspecified atom stereocenters. The molecule has 4 heteroatoms. The molecule has 0 bridgehead atoms. The molecule has 0 aromatic heterocycles. The van der Waals surface area contributed by atoms with Gasteiger partial charge in [0.15, 0.2) is 0 Å². The van der Waals surface area contributed by atoms with E-state index in [0.717, 1.165) is 5.92 Å². The Morgan fingerprint density at radius 3 is 1.22 bits per heavy atom. The fraction of sp³-hybridized carbons (Fsp3) is 1.00. The third-order valence-electron chi connectivity index (χ3n) is 5.19. The number of hydrogen-bond donors (Lipinski definition) is 0. The van der Waals surface area contributed by atoms with Crippen LogP contribution < -0.4 is 0 Å². The van der Waals surface area contributed by atoms with Gasteiger partial charge in [-0.2, -0.15) is 0 Å². The van der Waals surface area contributed by atoms with Crippen LogP contribution in [-0.2, 0) is 0 Å². The summed E-state index contributed by atoms with van der Waals surface area (Å²) in [5.74, 6) is -2.83. The first kappa shape index (κ1) is 20.8. The summed E-state index contributed by atoms with van der Waals surface area (Å²) in [5, 5.41) is 0. The van der Waals surface area contributed by atoms with E-state index in [2.05, 4.69) is 6.92 Å². The maximum Gasteiger partial charge on any atom is 0.248 e. The topological polar surface area (TPSA) is 0 Å². The Kier molecular flexibility index (Phi) is 8.37. The predicted octanol–water partition coefficient (Wildman–Crippen LogP) is 7.47. The summed E-state index contributed by atoms with van der Waals surface area (Å²) in [6.45, 7) is 6.24. The molecule has 0 amide bonds. The van der Waals surface area contributed by atoms with Crippen LogP contribution in [0.5, 0.6) is 0 Å². The average Bonchev–Trinajstić information content (AvgIpc) is 2.43. The summed E-state index contributed by atoms with van der Waals surface area (Å²) in [6, 6.07) is 0. The summed E-state index contributed by atoms with van der Waals surface area (Å²) in [4.78, 5) is 0. The Hall–Kier alpha value is -0.280. The van der Waals surface area contributed by atoms with E-state index in [1.807, 2.05) is 13.8 Å². The van der Waals surface area contributed by atoms with Crippen LogP contribution >= 0.6 is 0 Å². The van der Waals surface area contributed by atoms with E-state index in [1.54, 1.807) is 0 Å². The first-order chi connectivity index (χ1) is 10.6. The van der Waals surface area contributed by atoms with Gasteiger partial charge in [-0.1, -0.05) is 52.9 Å². The summed E-state index contributed by atoms with van der Waals surface area (Å²) >= 11 is 0. The minimum absolute atomic E-state index is 0.104. The van der Waals surface area contributed by atoms with Gasteiger partial charge < -0.3 is 0 Å². The van der Waals surface area contributed by atoms with Gasteiger partial charge in [-0.3, -0.25) is 0 Å². The molecule has 0 nitrogen and oxygen atoms in total. The Morgan fingerprint density at radius 2 is 1.00 bits per heavy atom. The van der Waals surface area contributed by atoms with Crippen LogP contribution in [0.3, 0.4) is 0 Å². The minimum Gasteiger partial charge on any atom is -0.207 e. The van der Waals surface area contributed by atoms with Crippen molar-refractivity contribution in [3.8, 4) is 0 Å². The molecule has 3 rings (SSSR count). The zero-order chi connectivity index (χ0) is 17.5. The molecule has 0 N–H and O–H groups in total. The molecule has 3 fully saturated rings. The predicted molar refractivity (Wildman–Crippen MR) is 88.2 cm³/mol. The second-order valence-corrected chi connectivity index (χ2v) is 8.15. The highest BCUT2D eigenvalue weighted by Gasteiger charge is 2.42. The molecule has 3 aliphatic carbocycles.